The van der Waals surface area contributed by atoms with Crippen LogP contribution in [0.15, 0.2) is 59.6 Å². The number of phenols is 1. The van der Waals surface area contributed by atoms with Crippen LogP contribution in [-0.2, 0) is 5.60 Å². The Balaban J connectivity index is 2.08. The third kappa shape index (κ3) is 3.42. The van der Waals surface area contributed by atoms with Crippen LogP contribution in [0.4, 0.5) is 0 Å². The maximum absolute atomic E-state index is 10.4. The molecule has 2 rings (SSSR count). The highest BCUT2D eigenvalue weighted by Crippen LogP contribution is 2.20. The molecule has 0 saturated heterocycles. The second kappa shape index (κ2) is 5.67. The van der Waals surface area contributed by atoms with E-state index in [1.165, 1.54) is 0 Å². The molecule has 0 amide bonds. The van der Waals surface area contributed by atoms with Gasteiger partial charge in [-0.05, 0) is 24.6 Å². The molecule has 0 radical (unpaired) electrons. The predicted octanol–water partition coefficient (Wildman–Crippen LogP) is 2.72. The van der Waals surface area contributed by atoms with E-state index in [2.05, 4.69) is 4.99 Å². The van der Waals surface area contributed by atoms with Crippen molar-refractivity contribution in [2.75, 3.05) is 6.54 Å². The van der Waals surface area contributed by atoms with Gasteiger partial charge < -0.3 is 10.2 Å². The fourth-order valence-corrected chi connectivity index (χ4v) is 1.81. The van der Waals surface area contributed by atoms with Gasteiger partial charge in [0, 0.05) is 11.8 Å². The van der Waals surface area contributed by atoms with Crippen LogP contribution in [-0.4, -0.2) is 23.0 Å². The van der Waals surface area contributed by atoms with Crippen molar-refractivity contribution in [1.82, 2.24) is 0 Å². The van der Waals surface area contributed by atoms with Crippen molar-refractivity contribution in [2.24, 2.45) is 4.99 Å². The molecule has 19 heavy (non-hydrogen) atoms. The molecular formula is C16H17NO2. The summed E-state index contributed by atoms with van der Waals surface area (Å²) in [6.07, 6.45) is 1.58. The summed E-state index contributed by atoms with van der Waals surface area (Å²) >= 11 is 0. The summed E-state index contributed by atoms with van der Waals surface area (Å²) in [7, 11) is 0. The van der Waals surface area contributed by atoms with Gasteiger partial charge in [-0.25, -0.2) is 0 Å². The van der Waals surface area contributed by atoms with E-state index >= 15 is 0 Å². The van der Waals surface area contributed by atoms with E-state index in [4.69, 9.17) is 0 Å². The maximum Gasteiger partial charge on any atom is 0.124 e. The highest BCUT2D eigenvalue weighted by Gasteiger charge is 2.21. The van der Waals surface area contributed by atoms with Gasteiger partial charge in [0.25, 0.3) is 0 Å². The van der Waals surface area contributed by atoms with E-state index in [0.29, 0.717) is 5.56 Å². The van der Waals surface area contributed by atoms with Crippen LogP contribution in [0.2, 0.25) is 0 Å². The minimum absolute atomic E-state index is 0.186. The number of nitrogens with zero attached hydrogens (tertiary/aromatic N) is 1. The molecule has 0 spiro atoms. The molecule has 3 nitrogen and oxygen atoms in total. The van der Waals surface area contributed by atoms with Crippen LogP contribution in [0.1, 0.15) is 18.1 Å². The normalized spacial score (nSPS) is 14.4. The molecule has 2 aromatic rings. The molecule has 0 saturated carbocycles. The van der Waals surface area contributed by atoms with Crippen molar-refractivity contribution >= 4 is 6.21 Å². The lowest BCUT2D eigenvalue weighted by atomic mass is 9.96. The summed E-state index contributed by atoms with van der Waals surface area (Å²) in [5.74, 6) is 0.186. The van der Waals surface area contributed by atoms with Gasteiger partial charge in [-0.3, -0.25) is 4.99 Å². The average molecular weight is 255 g/mol. The Labute approximate surface area is 112 Å². The molecule has 0 aliphatic rings. The van der Waals surface area contributed by atoms with Crippen LogP contribution >= 0.6 is 0 Å². The van der Waals surface area contributed by atoms with Crippen molar-refractivity contribution < 1.29 is 10.2 Å². The van der Waals surface area contributed by atoms with Crippen molar-refractivity contribution in [3.05, 3.63) is 65.7 Å². The van der Waals surface area contributed by atoms with Crippen LogP contribution < -0.4 is 0 Å². The summed E-state index contributed by atoms with van der Waals surface area (Å²) in [6, 6.07) is 16.4. The van der Waals surface area contributed by atoms with Crippen LogP contribution in [0.5, 0.6) is 5.75 Å². The number of rotatable bonds is 4. The summed E-state index contributed by atoms with van der Waals surface area (Å²) in [5, 5.41) is 20.0. The maximum atomic E-state index is 10.4. The van der Waals surface area contributed by atoms with E-state index in [-0.39, 0.29) is 12.3 Å². The quantitative estimate of drug-likeness (QED) is 0.825. The number of phenolic OH excluding ortho intramolecular Hbond substituents is 1. The molecule has 0 fully saturated rings. The van der Waals surface area contributed by atoms with Crippen LogP contribution in [0.3, 0.4) is 0 Å². The molecule has 3 heteroatoms. The van der Waals surface area contributed by atoms with Gasteiger partial charge in [0.05, 0.1) is 6.54 Å². The molecule has 98 valence electrons. The summed E-state index contributed by atoms with van der Waals surface area (Å²) in [4.78, 5) is 4.22. The zero-order valence-corrected chi connectivity index (χ0v) is 10.8. The Morgan fingerprint density at radius 2 is 1.68 bits per heavy atom. The standard InChI is InChI=1S/C16H17NO2/c1-16(19,14-8-3-2-4-9-14)12-17-11-13-7-5-6-10-15(13)18/h2-11,18-19H,12H2,1H3. The zero-order valence-electron chi connectivity index (χ0n) is 10.8. The molecule has 1 atom stereocenters. The zero-order chi connectivity index (χ0) is 13.7. The fraction of sp³-hybridized carbons (Fsp3) is 0.188. The van der Waals surface area contributed by atoms with E-state index in [0.717, 1.165) is 5.56 Å². The van der Waals surface area contributed by atoms with Crippen LogP contribution in [0.25, 0.3) is 0 Å². The molecule has 2 aromatic carbocycles. The summed E-state index contributed by atoms with van der Waals surface area (Å²) in [5.41, 5.74) is 0.457. The molecule has 0 aromatic heterocycles. The van der Waals surface area contributed by atoms with E-state index in [9.17, 15) is 10.2 Å². The number of aliphatic hydroxyl groups is 1. The lowest BCUT2D eigenvalue weighted by Crippen LogP contribution is -2.24. The smallest absolute Gasteiger partial charge is 0.124 e. The minimum Gasteiger partial charge on any atom is -0.507 e. The van der Waals surface area contributed by atoms with Gasteiger partial charge in [0.15, 0.2) is 0 Å². The first-order chi connectivity index (χ1) is 9.09. The third-order valence-electron chi connectivity index (χ3n) is 2.96. The first-order valence-corrected chi connectivity index (χ1v) is 6.15. The van der Waals surface area contributed by atoms with Crippen molar-refractivity contribution in [3.63, 3.8) is 0 Å². The highest BCUT2D eigenvalue weighted by molar-refractivity contribution is 5.83. The predicted molar refractivity (Wildman–Crippen MR) is 76.6 cm³/mol. The lowest BCUT2D eigenvalue weighted by molar-refractivity contribution is 0.0675. The molecule has 0 bridgehead atoms. The van der Waals surface area contributed by atoms with Crippen molar-refractivity contribution in [2.45, 2.75) is 12.5 Å². The summed E-state index contributed by atoms with van der Waals surface area (Å²) < 4.78 is 0. The number of para-hydroxylation sites is 1. The molecule has 0 heterocycles. The first kappa shape index (κ1) is 13.3. The molecular weight excluding hydrogens is 238 g/mol. The topological polar surface area (TPSA) is 52.8 Å². The van der Waals surface area contributed by atoms with Gasteiger partial charge in [-0.15, -0.1) is 0 Å². The van der Waals surface area contributed by atoms with Crippen molar-refractivity contribution in [1.29, 1.82) is 0 Å². The second-order valence-corrected chi connectivity index (χ2v) is 4.67. The molecule has 2 N–H and O–H groups in total. The average Bonchev–Trinajstić information content (AvgIpc) is 2.42. The number of aliphatic imine (C=N–C) groups is 1. The number of benzene rings is 2. The van der Waals surface area contributed by atoms with E-state index in [1.54, 1.807) is 31.3 Å². The van der Waals surface area contributed by atoms with E-state index in [1.807, 2.05) is 36.4 Å². The minimum atomic E-state index is -1.01. The summed E-state index contributed by atoms with van der Waals surface area (Å²) in [6.45, 7) is 1.97. The van der Waals surface area contributed by atoms with Gasteiger partial charge in [0.2, 0.25) is 0 Å². The SMILES string of the molecule is CC(O)(CN=Cc1ccccc1O)c1ccccc1. The van der Waals surface area contributed by atoms with Gasteiger partial charge in [-0.2, -0.15) is 0 Å². The number of hydrogen-bond donors (Lipinski definition) is 2. The number of hydrogen-bond acceptors (Lipinski definition) is 3. The largest absolute Gasteiger partial charge is 0.507 e. The highest BCUT2D eigenvalue weighted by atomic mass is 16.3. The lowest BCUT2D eigenvalue weighted by Gasteiger charge is -2.21. The Kier molecular flexibility index (Phi) is 3.97. The third-order valence-corrected chi connectivity index (χ3v) is 2.96. The van der Waals surface area contributed by atoms with Crippen molar-refractivity contribution in [3.8, 4) is 5.75 Å². The Hall–Kier alpha value is -2.13. The Morgan fingerprint density at radius 3 is 2.37 bits per heavy atom. The van der Waals surface area contributed by atoms with Crippen LogP contribution in [0, 0.1) is 0 Å². The first-order valence-electron chi connectivity index (χ1n) is 6.15. The Morgan fingerprint density at radius 1 is 1.05 bits per heavy atom. The molecule has 1 unspecified atom stereocenters. The molecule has 0 aliphatic heterocycles. The van der Waals surface area contributed by atoms with Gasteiger partial charge in [-0.1, -0.05) is 42.5 Å². The molecule has 0 aliphatic carbocycles. The number of aromatic hydroxyl groups is 1. The monoisotopic (exact) mass is 255 g/mol. The Bertz CT molecular complexity index is 562. The van der Waals surface area contributed by atoms with Gasteiger partial charge in [0.1, 0.15) is 11.4 Å². The van der Waals surface area contributed by atoms with Gasteiger partial charge >= 0.3 is 0 Å². The van der Waals surface area contributed by atoms with E-state index < -0.39 is 5.60 Å². The second-order valence-electron chi connectivity index (χ2n) is 4.67. The fourth-order valence-electron chi connectivity index (χ4n) is 1.81.